The van der Waals surface area contributed by atoms with Gasteiger partial charge in [0.25, 0.3) is 17.3 Å². The molecule has 1 N–H and O–H groups in total. The van der Waals surface area contributed by atoms with Gasteiger partial charge < -0.3 is 0 Å². The number of rotatable bonds is 2. The number of pyridine rings is 1. The molecule has 0 atom stereocenters. The summed E-state index contributed by atoms with van der Waals surface area (Å²) in [5, 5.41) is 11.5. The first-order valence-corrected chi connectivity index (χ1v) is 8.45. The molecule has 0 saturated carbocycles. The van der Waals surface area contributed by atoms with E-state index in [0.29, 0.717) is 39.6 Å². The molecule has 0 unspecified atom stereocenters. The van der Waals surface area contributed by atoms with Crippen molar-refractivity contribution in [1.29, 1.82) is 0 Å². The molecule has 0 fully saturated rings. The van der Waals surface area contributed by atoms with Crippen LogP contribution >= 0.6 is 0 Å². The molecule has 10 heteroatoms. The Bertz CT molecular complexity index is 1410. The SMILES string of the molecule is Cc1nc2nc3ccn(-c4n[nH]c(C)n4)c(=O)c3c(-c3ccc(F)cc3)n2n1. The molecule has 9 nitrogen and oxygen atoms in total. The smallest absolute Gasteiger partial charge is 0.268 e. The molecule has 0 saturated heterocycles. The van der Waals surface area contributed by atoms with Gasteiger partial charge in [0.2, 0.25) is 0 Å². The van der Waals surface area contributed by atoms with Crippen LogP contribution in [0, 0.1) is 19.7 Å². The fourth-order valence-corrected chi connectivity index (χ4v) is 3.15. The first kappa shape index (κ1) is 16.2. The van der Waals surface area contributed by atoms with Crippen LogP contribution in [0.2, 0.25) is 0 Å². The molecule has 0 radical (unpaired) electrons. The number of aromatic amines is 1. The number of halogens is 1. The lowest BCUT2D eigenvalue weighted by Crippen LogP contribution is -2.21. The first-order valence-electron chi connectivity index (χ1n) is 8.45. The molecule has 28 heavy (non-hydrogen) atoms. The summed E-state index contributed by atoms with van der Waals surface area (Å²) >= 11 is 0. The average molecular weight is 376 g/mol. The Hall–Kier alpha value is -3.95. The summed E-state index contributed by atoms with van der Waals surface area (Å²) in [4.78, 5) is 26.3. The molecule has 0 aliphatic rings. The summed E-state index contributed by atoms with van der Waals surface area (Å²) in [6.07, 6.45) is 1.56. The molecular weight excluding hydrogens is 363 g/mol. The second-order valence-corrected chi connectivity index (χ2v) is 6.31. The van der Waals surface area contributed by atoms with Crippen LogP contribution in [-0.2, 0) is 0 Å². The number of aromatic nitrogens is 8. The van der Waals surface area contributed by atoms with E-state index in [1.54, 1.807) is 38.2 Å². The lowest BCUT2D eigenvalue weighted by molar-refractivity contribution is 0.628. The maximum atomic E-state index is 13.5. The van der Waals surface area contributed by atoms with Gasteiger partial charge in [-0.1, -0.05) is 0 Å². The Morgan fingerprint density at radius 3 is 2.54 bits per heavy atom. The van der Waals surface area contributed by atoms with Gasteiger partial charge in [-0.3, -0.25) is 9.89 Å². The van der Waals surface area contributed by atoms with E-state index in [9.17, 15) is 9.18 Å². The highest BCUT2D eigenvalue weighted by molar-refractivity contribution is 5.93. The number of hydrogen-bond donors (Lipinski definition) is 1. The topological polar surface area (TPSA) is 107 Å². The van der Waals surface area contributed by atoms with Crippen LogP contribution < -0.4 is 5.56 Å². The van der Waals surface area contributed by atoms with Crippen LogP contribution in [0.4, 0.5) is 4.39 Å². The van der Waals surface area contributed by atoms with Crippen molar-refractivity contribution >= 4 is 16.7 Å². The number of fused-ring (bicyclic) bond motifs is 2. The first-order chi connectivity index (χ1) is 13.5. The fourth-order valence-electron chi connectivity index (χ4n) is 3.15. The van der Waals surface area contributed by atoms with Gasteiger partial charge in [0.15, 0.2) is 0 Å². The second kappa shape index (κ2) is 5.78. The number of benzene rings is 1. The highest BCUT2D eigenvalue weighted by atomic mass is 19.1. The van der Waals surface area contributed by atoms with E-state index in [1.165, 1.54) is 21.2 Å². The third kappa shape index (κ3) is 2.38. The zero-order valence-electron chi connectivity index (χ0n) is 14.9. The van der Waals surface area contributed by atoms with Crippen LogP contribution in [0.1, 0.15) is 11.6 Å². The van der Waals surface area contributed by atoms with Crippen LogP contribution in [0.15, 0.2) is 41.3 Å². The standard InChI is InChI=1S/C18H13FN8O/c1-9-20-18(24-23-9)26-8-7-13-14(16(26)28)15(11-3-5-12(19)6-4-11)27-17(22-13)21-10(2)25-27/h3-8H,1-2H3,(H,20,23,24). The summed E-state index contributed by atoms with van der Waals surface area (Å²) < 4.78 is 16.3. The summed E-state index contributed by atoms with van der Waals surface area (Å²) in [5.74, 6) is 1.30. The van der Waals surface area contributed by atoms with Gasteiger partial charge in [-0.25, -0.2) is 13.9 Å². The van der Waals surface area contributed by atoms with E-state index in [4.69, 9.17) is 0 Å². The van der Waals surface area contributed by atoms with E-state index >= 15 is 0 Å². The molecule has 5 rings (SSSR count). The van der Waals surface area contributed by atoms with Crippen LogP contribution in [0.3, 0.4) is 0 Å². The van der Waals surface area contributed by atoms with E-state index in [2.05, 4.69) is 30.2 Å². The predicted octanol–water partition coefficient (Wildman–Crippen LogP) is 1.97. The van der Waals surface area contributed by atoms with E-state index in [-0.39, 0.29) is 17.3 Å². The van der Waals surface area contributed by atoms with Crippen molar-refractivity contribution in [3.63, 3.8) is 0 Å². The van der Waals surface area contributed by atoms with Gasteiger partial charge in [0.05, 0.1) is 16.6 Å². The lowest BCUT2D eigenvalue weighted by Gasteiger charge is -2.10. The fraction of sp³-hybridized carbons (Fsp3) is 0.111. The lowest BCUT2D eigenvalue weighted by atomic mass is 10.1. The number of hydrogen-bond acceptors (Lipinski definition) is 6. The van der Waals surface area contributed by atoms with Crippen molar-refractivity contribution in [1.82, 2.24) is 39.3 Å². The molecule has 1 aromatic carbocycles. The average Bonchev–Trinajstić information content (AvgIpc) is 3.26. The highest BCUT2D eigenvalue weighted by Crippen LogP contribution is 2.26. The molecule has 4 aromatic heterocycles. The van der Waals surface area contributed by atoms with Crippen molar-refractivity contribution in [2.75, 3.05) is 0 Å². The van der Waals surface area contributed by atoms with Gasteiger partial charge in [-0.2, -0.15) is 14.5 Å². The third-order valence-electron chi connectivity index (χ3n) is 4.35. The summed E-state index contributed by atoms with van der Waals surface area (Å²) in [7, 11) is 0. The molecule has 4 heterocycles. The summed E-state index contributed by atoms with van der Waals surface area (Å²) in [6, 6.07) is 7.54. The summed E-state index contributed by atoms with van der Waals surface area (Å²) in [5.41, 5.74) is 1.18. The number of nitrogens with zero attached hydrogens (tertiary/aromatic N) is 7. The van der Waals surface area contributed by atoms with Gasteiger partial charge >= 0.3 is 0 Å². The minimum absolute atomic E-state index is 0.226. The van der Waals surface area contributed by atoms with E-state index in [1.807, 2.05) is 0 Å². The Kier molecular flexibility index (Phi) is 3.35. The van der Waals surface area contributed by atoms with Gasteiger partial charge in [-0.15, -0.1) is 10.2 Å². The zero-order valence-corrected chi connectivity index (χ0v) is 14.9. The van der Waals surface area contributed by atoms with Crippen molar-refractivity contribution in [2.45, 2.75) is 13.8 Å². The Balaban J connectivity index is 1.94. The van der Waals surface area contributed by atoms with Crippen molar-refractivity contribution < 1.29 is 4.39 Å². The maximum absolute atomic E-state index is 13.5. The maximum Gasteiger partial charge on any atom is 0.269 e. The Morgan fingerprint density at radius 1 is 1.04 bits per heavy atom. The molecular formula is C18H13FN8O. The molecule has 0 aliphatic heterocycles. The third-order valence-corrected chi connectivity index (χ3v) is 4.35. The van der Waals surface area contributed by atoms with Gasteiger partial charge in [0, 0.05) is 11.8 Å². The molecule has 138 valence electrons. The van der Waals surface area contributed by atoms with E-state index < -0.39 is 0 Å². The minimum Gasteiger partial charge on any atom is -0.268 e. The number of nitrogens with one attached hydrogen (secondary N) is 1. The Labute approximate surface area is 156 Å². The normalized spacial score (nSPS) is 11.5. The zero-order chi connectivity index (χ0) is 19.4. The molecule has 0 amide bonds. The number of H-pyrrole nitrogens is 1. The predicted molar refractivity (Wildman–Crippen MR) is 98.7 cm³/mol. The monoisotopic (exact) mass is 376 g/mol. The summed E-state index contributed by atoms with van der Waals surface area (Å²) in [6.45, 7) is 3.48. The highest BCUT2D eigenvalue weighted by Gasteiger charge is 2.19. The van der Waals surface area contributed by atoms with Crippen molar-refractivity contribution in [2.24, 2.45) is 0 Å². The molecule has 0 spiro atoms. The van der Waals surface area contributed by atoms with Crippen LogP contribution in [-0.4, -0.2) is 39.3 Å². The molecule has 5 aromatic rings. The number of aryl methyl sites for hydroxylation is 2. The van der Waals surface area contributed by atoms with Crippen LogP contribution in [0.5, 0.6) is 0 Å². The second-order valence-electron chi connectivity index (χ2n) is 6.31. The molecule has 0 aliphatic carbocycles. The van der Waals surface area contributed by atoms with Gasteiger partial charge in [-0.05, 0) is 44.2 Å². The van der Waals surface area contributed by atoms with E-state index in [0.717, 1.165) is 0 Å². The van der Waals surface area contributed by atoms with Gasteiger partial charge in [0.1, 0.15) is 17.5 Å². The largest absolute Gasteiger partial charge is 0.269 e. The quantitative estimate of drug-likeness (QED) is 0.505. The molecule has 0 bridgehead atoms. The van der Waals surface area contributed by atoms with Crippen molar-refractivity contribution in [3.05, 3.63) is 64.3 Å². The van der Waals surface area contributed by atoms with Crippen LogP contribution in [0.25, 0.3) is 33.9 Å². The van der Waals surface area contributed by atoms with Crippen molar-refractivity contribution in [3.8, 4) is 17.2 Å². The Morgan fingerprint density at radius 2 is 1.82 bits per heavy atom. The minimum atomic E-state index is -0.373.